The summed E-state index contributed by atoms with van der Waals surface area (Å²) in [7, 11) is 0. The molecule has 0 radical (unpaired) electrons. The molecule has 1 atom stereocenters. The summed E-state index contributed by atoms with van der Waals surface area (Å²) >= 11 is 0. The summed E-state index contributed by atoms with van der Waals surface area (Å²) in [6.45, 7) is 5.83. The zero-order valence-electron chi connectivity index (χ0n) is 13.3. The highest BCUT2D eigenvalue weighted by Gasteiger charge is 2.43. The van der Waals surface area contributed by atoms with E-state index in [-0.39, 0.29) is 5.97 Å². The van der Waals surface area contributed by atoms with Crippen molar-refractivity contribution in [3.05, 3.63) is 82.9 Å². The second-order valence-corrected chi connectivity index (χ2v) is 6.66. The topological polar surface area (TPSA) is 26.3 Å². The van der Waals surface area contributed by atoms with Gasteiger partial charge < -0.3 is 4.74 Å². The number of ether oxygens (including phenoxy) is 1. The van der Waals surface area contributed by atoms with Gasteiger partial charge in [0, 0.05) is 23.3 Å². The Morgan fingerprint density at radius 2 is 1.57 bits per heavy atom. The van der Waals surface area contributed by atoms with Gasteiger partial charge in [-0.3, -0.25) is 0 Å². The Labute approximate surface area is 136 Å². The molecule has 0 aromatic heterocycles. The van der Waals surface area contributed by atoms with Crippen LogP contribution in [0.4, 0.5) is 0 Å². The Morgan fingerprint density at radius 3 is 2.09 bits per heavy atom. The first-order valence-electron chi connectivity index (χ1n) is 8.17. The smallest absolute Gasteiger partial charge is 0.333 e. The molecule has 0 unspecified atom stereocenters. The predicted octanol–water partition coefficient (Wildman–Crippen LogP) is 4.40. The van der Waals surface area contributed by atoms with Gasteiger partial charge in [0.25, 0.3) is 0 Å². The summed E-state index contributed by atoms with van der Waals surface area (Å²) in [4.78, 5) is 11.8. The molecule has 0 fully saturated rings. The van der Waals surface area contributed by atoms with Crippen molar-refractivity contribution in [2.45, 2.75) is 25.2 Å². The lowest BCUT2D eigenvalue weighted by Crippen LogP contribution is -2.35. The van der Waals surface area contributed by atoms with Gasteiger partial charge in [0.2, 0.25) is 0 Å². The molecule has 23 heavy (non-hydrogen) atoms. The Hall–Kier alpha value is -2.35. The van der Waals surface area contributed by atoms with Crippen molar-refractivity contribution in [3.63, 3.8) is 0 Å². The lowest BCUT2D eigenvalue weighted by atomic mass is 9.59. The fourth-order valence-electron chi connectivity index (χ4n) is 4.23. The van der Waals surface area contributed by atoms with Crippen molar-refractivity contribution < 1.29 is 9.53 Å². The third kappa shape index (κ3) is 2.21. The Bertz CT molecular complexity index is 742. The number of hydrogen-bond acceptors (Lipinski definition) is 2. The minimum Gasteiger partial charge on any atom is -0.462 e. The SMILES string of the molecule is C=C(C)C(=O)OC[C@H]1CC2c3ccccc3C1c1ccccc12. The van der Waals surface area contributed by atoms with Crippen LogP contribution < -0.4 is 0 Å². The van der Waals surface area contributed by atoms with Crippen molar-refractivity contribution >= 4 is 5.97 Å². The van der Waals surface area contributed by atoms with Gasteiger partial charge in [0.1, 0.15) is 0 Å². The Morgan fingerprint density at radius 1 is 1.04 bits per heavy atom. The van der Waals surface area contributed by atoms with Crippen molar-refractivity contribution in [2.24, 2.45) is 5.92 Å². The molecule has 2 heteroatoms. The zero-order valence-corrected chi connectivity index (χ0v) is 13.3. The van der Waals surface area contributed by atoms with E-state index in [0.717, 1.165) is 6.42 Å². The van der Waals surface area contributed by atoms with E-state index < -0.39 is 0 Å². The highest BCUT2D eigenvalue weighted by Crippen LogP contribution is 2.55. The maximum atomic E-state index is 11.8. The molecule has 0 saturated carbocycles. The summed E-state index contributed by atoms with van der Waals surface area (Å²) in [5.74, 6) is 0.798. The maximum Gasteiger partial charge on any atom is 0.333 e. The zero-order chi connectivity index (χ0) is 16.0. The number of benzene rings is 2. The van der Waals surface area contributed by atoms with Crippen LogP contribution in [0.15, 0.2) is 60.7 Å². The number of carbonyl (C=O) groups is 1. The molecule has 0 aliphatic heterocycles. The van der Waals surface area contributed by atoms with Crippen LogP contribution in [0.3, 0.4) is 0 Å². The number of esters is 1. The van der Waals surface area contributed by atoms with Gasteiger partial charge >= 0.3 is 5.97 Å². The van der Waals surface area contributed by atoms with E-state index in [4.69, 9.17) is 4.74 Å². The molecular weight excluding hydrogens is 284 g/mol. The Kier molecular flexibility index (Phi) is 3.33. The molecule has 116 valence electrons. The minimum atomic E-state index is -0.284. The summed E-state index contributed by atoms with van der Waals surface area (Å²) in [6, 6.07) is 17.4. The standard InChI is InChI=1S/C21H20O2/c1-13(2)21(22)23-12-14-11-19-15-7-3-5-9-17(15)20(14)18-10-6-4-8-16(18)19/h3-10,14,19-20H,1,11-12H2,2H3/t14-,19?,20?/m1/s1. The first-order chi connectivity index (χ1) is 11.2. The van der Waals surface area contributed by atoms with Crippen LogP contribution >= 0.6 is 0 Å². The fourth-order valence-corrected chi connectivity index (χ4v) is 4.23. The summed E-state index contributed by atoms with van der Waals surface area (Å²) in [5.41, 5.74) is 6.15. The second kappa shape index (κ2) is 5.38. The van der Waals surface area contributed by atoms with Crippen LogP contribution in [-0.2, 0) is 9.53 Å². The predicted molar refractivity (Wildman–Crippen MR) is 90.5 cm³/mol. The third-order valence-corrected chi connectivity index (χ3v) is 5.20. The maximum absolute atomic E-state index is 11.8. The molecular formula is C21H20O2. The van der Waals surface area contributed by atoms with Crippen LogP contribution in [0, 0.1) is 5.92 Å². The largest absolute Gasteiger partial charge is 0.462 e. The molecule has 0 N–H and O–H groups in total. The monoisotopic (exact) mass is 304 g/mol. The molecule has 2 nitrogen and oxygen atoms in total. The van der Waals surface area contributed by atoms with E-state index in [1.54, 1.807) is 6.92 Å². The van der Waals surface area contributed by atoms with Crippen molar-refractivity contribution in [1.82, 2.24) is 0 Å². The van der Waals surface area contributed by atoms with Crippen LogP contribution in [0.1, 0.15) is 47.4 Å². The third-order valence-electron chi connectivity index (χ3n) is 5.20. The van der Waals surface area contributed by atoms with Gasteiger partial charge in [-0.1, -0.05) is 55.1 Å². The summed E-state index contributed by atoms with van der Waals surface area (Å²) in [6.07, 6.45) is 1.04. The molecule has 0 saturated heterocycles. The van der Waals surface area contributed by atoms with Gasteiger partial charge in [0.15, 0.2) is 0 Å². The highest BCUT2D eigenvalue weighted by atomic mass is 16.5. The molecule has 2 bridgehead atoms. The Balaban J connectivity index is 1.71. The first-order valence-corrected chi connectivity index (χ1v) is 8.17. The molecule has 3 aliphatic rings. The number of carbonyl (C=O) groups excluding carboxylic acids is 1. The molecule has 5 rings (SSSR count). The summed E-state index contributed by atoms with van der Waals surface area (Å²) in [5, 5.41) is 0. The van der Waals surface area contributed by atoms with E-state index in [1.165, 1.54) is 22.3 Å². The molecule has 0 amide bonds. The lowest BCUT2D eigenvalue weighted by Gasteiger charge is -2.45. The highest BCUT2D eigenvalue weighted by molar-refractivity contribution is 5.86. The second-order valence-electron chi connectivity index (χ2n) is 6.66. The number of hydrogen-bond donors (Lipinski definition) is 0. The van der Waals surface area contributed by atoms with Gasteiger partial charge in [-0.15, -0.1) is 0 Å². The van der Waals surface area contributed by atoms with Crippen LogP contribution in [0.2, 0.25) is 0 Å². The summed E-state index contributed by atoms with van der Waals surface area (Å²) < 4.78 is 5.49. The number of rotatable bonds is 3. The average molecular weight is 304 g/mol. The van der Waals surface area contributed by atoms with E-state index in [2.05, 4.69) is 55.1 Å². The molecule has 0 spiro atoms. The molecule has 0 heterocycles. The molecule has 2 aromatic carbocycles. The molecule has 2 aromatic rings. The number of fused-ring (bicyclic) bond motifs is 1. The van der Waals surface area contributed by atoms with Crippen molar-refractivity contribution in [1.29, 1.82) is 0 Å². The van der Waals surface area contributed by atoms with Crippen LogP contribution in [0.5, 0.6) is 0 Å². The van der Waals surface area contributed by atoms with E-state index in [1.807, 2.05) is 0 Å². The van der Waals surface area contributed by atoms with Crippen molar-refractivity contribution in [3.8, 4) is 0 Å². The minimum absolute atomic E-state index is 0.284. The normalized spacial score (nSPS) is 23.8. The molecule has 3 aliphatic carbocycles. The first kappa shape index (κ1) is 14.3. The fraction of sp³-hybridized carbons (Fsp3) is 0.286. The van der Waals surface area contributed by atoms with Crippen molar-refractivity contribution in [2.75, 3.05) is 6.61 Å². The van der Waals surface area contributed by atoms with Crippen LogP contribution in [0.25, 0.3) is 0 Å². The average Bonchev–Trinajstić information content (AvgIpc) is 2.59. The van der Waals surface area contributed by atoms with E-state index >= 15 is 0 Å². The van der Waals surface area contributed by atoms with Gasteiger partial charge in [-0.25, -0.2) is 4.79 Å². The van der Waals surface area contributed by atoms with E-state index in [9.17, 15) is 4.79 Å². The van der Waals surface area contributed by atoms with E-state index in [0.29, 0.717) is 29.9 Å². The van der Waals surface area contributed by atoms with Gasteiger partial charge in [-0.2, -0.15) is 0 Å². The van der Waals surface area contributed by atoms with Crippen LogP contribution in [-0.4, -0.2) is 12.6 Å². The van der Waals surface area contributed by atoms with Gasteiger partial charge in [0.05, 0.1) is 6.61 Å². The van der Waals surface area contributed by atoms with Gasteiger partial charge in [-0.05, 0) is 35.6 Å². The quantitative estimate of drug-likeness (QED) is 0.620. The lowest BCUT2D eigenvalue weighted by molar-refractivity contribution is -0.140.